The highest BCUT2D eigenvalue weighted by Gasteiger charge is 2.09. The van der Waals surface area contributed by atoms with E-state index in [1.807, 2.05) is 12.3 Å². The van der Waals surface area contributed by atoms with E-state index in [0.29, 0.717) is 12.2 Å². The van der Waals surface area contributed by atoms with Gasteiger partial charge in [-0.05, 0) is 41.6 Å². The minimum absolute atomic E-state index is 0. The standard InChI is InChI=1S/C11H14IN3O.ClH/c12-9-5-10(14-7-9)11(16)15-6-8-1-3-13-4-2-8;/h1,5,7,13-14H,2-4,6H2,(H,15,16);1H. The number of amides is 1. The second-order valence-electron chi connectivity index (χ2n) is 3.73. The lowest BCUT2D eigenvalue weighted by atomic mass is 10.1. The highest BCUT2D eigenvalue weighted by Crippen LogP contribution is 2.07. The molecule has 94 valence electrons. The lowest BCUT2D eigenvalue weighted by Crippen LogP contribution is -2.29. The summed E-state index contributed by atoms with van der Waals surface area (Å²) in [6, 6.07) is 1.84. The maximum atomic E-state index is 11.7. The molecular weight excluding hydrogens is 352 g/mol. The fourth-order valence-electron chi connectivity index (χ4n) is 1.62. The van der Waals surface area contributed by atoms with Crippen LogP contribution >= 0.6 is 35.0 Å². The molecule has 0 aromatic carbocycles. The number of aromatic nitrogens is 1. The van der Waals surface area contributed by atoms with Gasteiger partial charge >= 0.3 is 0 Å². The van der Waals surface area contributed by atoms with Crippen LogP contribution in [-0.2, 0) is 0 Å². The molecule has 0 spiro atoms. The summed E-state index contributed by atoms with van der Waals surface area (Å²) < 4.78 is 1.05. The molecule has 1 aromatic heterocycles. The van der Waals surface area contributed by atoms with Crippen molar-refractivity contribution < 1.29 is 4.79 Å². The Morgan fingerprint density at radius 3 is 2.94 bits per heavy atom. The predicted molar refractivity (Wildman–Crippen MR) is 78.7 cm³/mol. The van der Waals surface area contributed by atoms with E-state index in [9.17, 15) is 4.79 Å². The smallest absolute Gasteiger partial charge is 0.267 e. The lowest BCUT2D eigenvalue weighted by molar-refractivity contribution is 0.0952. The Morgan fingerprint density at radius 1 is 1.53 bits per heavy atom. The van der Waals surface area contributed by atoms with Gasteiger partial charge < -0.3 is 15.6 Å². The number of hydrogen-bond donors (Lipinski definition) is 3. The monoisotopic (exact) mass is 367 g/mol. The van der Waals surface area contributed by atoms with E-state index in [4.69, 9.17) is 0 Å². The number of H-pyrrole nitrogens is 1. The second-order valence-corrected chi connectivity index (χ2v) is 4.98. The molecule has 0 unspecified atom stereocenters. The zero-order valence-electron chi connectivity index (χ0n) is 9.25. The fourth-order valence-corrected chi connectivity index (χ4v) is 2.09. The summed E-state index contributed by atoms with van der Waals surface area (Å²) >= 11 is 2.17. The third-order valence-electron chi connectivity index (χ3n) is 2.53. The van der Waals surface area contributed by atoms with Crippen LogP contribution < -0.4 is 10.6 Å². The topological polar surface area (TPSA) is 56.9 Å². The van der Waals surface area contributed by atoms with Gasteiger partial charge in [0.15, 0.2) is 0 Å². The minimum Gasteiger partial charge on any atom is -0.356 e. The van der Waals surface area contributed by atoms with Crippen LogP contribution in [0, 0.1) is 3.57 Å². The van der Waals surface area contributed by atoms with Crippen LogP contribution in [0.1, 0.15) is 16.9 Å². The van der Waals surface area contributed by atoms with E-state index in [1.54, 1.807) is 0 Å². The van der Waals surface area contributed by atoms with Crippen LogP contribution in [0.4, 0.5) is 0 Å². The Hall–Kier alpha value is -0.530. The second kappa shape index (κ2) is 7.03. The molecule has 1 aromatic rings. The minimum atomic E-state index is -0.0395. The van der Waals surface area contributed by atoms with Crippen LogP contribution in [-0.4, -0.2) is 30.5 Å². The Morgan fingerprint density at radius 2 is 2.35 bits per heavy atom. The number of carbonyl (C=O) groups excluding carboxylic acids is 1. The van der Waals surface area contributed by atoms with Gasteiger partial charge in [0, 0.05) is 22.9 Å². The molecule has 0 fully saturated rings. The molecule has 17 heavy (non-hydrogen) atoms. The number of carbonyl (C=O) groups is 1. The van der Waals surface area contributed by atoms with Gasteiger partial charge in [-0.3, -0.25) is 4.79 Å². The van der Waals surface area contributed by atoms with Crippen LogP contribution in [0.3, 0.4) is 0 Å². The summed E-state index contributed by atoms with van der Waals surface area (Å²) in [7, 11) is 0. The molecule has 4 nitrogen and oxygen atoms in total. The molecule has 0 radical (unpaired) electrons. The van der Waals surface area contributed by atoms with Crippen molar-refractivity contribution in [2.24, 2.45) is 0 Å². The van der Waals surface area contributed by atoms with Gasteiger partial charge in [0.05, 0.1) is 0 Å². The largest absolute Gasteiger partial charge is 0.356 e. The molecule has 0 saturated carbocycles. The number of nitrogens with one attached hydrogen (secondary N) is 3. The van der Waals surface area contributed by atoms with Crippen molar-refractivity contribution in [1.29, 1.82) is 0 Å². The van der Waals surface area contributed by atoms with E-state index in [2.05, 4.69) is 44.3 Å². The van der Waals surface area contributed by atoms with Crippen molar-refractivity contribution in [3.63, 3.8) is 0 Å². The fraction of sp³-hybridized carbons (Fsp3) is 0.364. The Balaban J connectivity index is 0.00000144. The summed E-state index contributed by atoms with van der Waals surface area (Å²) in [5.74, 6) is -0.0395. The van der Waals surface area contributed by atoms with Crippen molar-refractivity contribution in [3.8, 4) is 0 Å². The highest BCUT2D eigenvalue weighted by atomic mass is 127. The molecule has 2 heterocycles. The van der Waals surface area contributed by atoms with Crippen molar-refractivity contribution in [1.82, 2.24) is 15.6 Å². The van der Waals surface area contributed by atoms with E-state index in [1.165, 1.54) is 5.57 Å². The van der Waals surface area contributed by atoms with Gasteiger partial charge in [0.2, 0.25) is 0 Å². The van der Waals surface area contributed by atoms with Crippen LogP contribution in [0.2, 0.25) is 0 Å². The van der Waals surface area contributed by atoms with Gasteiger partial charge in [0.25, 0.3) is 5.91 Å². The number of hydrogen-bond acceptors (Lipinski definition) is 2. The third kappa shape index (κ3) is 4.33. The molecule has 0 saturated heterocycles. The van der Waals surface area contributed by atoms with Gasteiger partial charge in [-0.2, -0.15) is 0 Å². The first-order valence-corrected chi connectivity index (χ1v) is 6.34. The molecule has 6 heteroatoms. The van der Waals surface area contributed by atoms with E-state index in [0.717, 1.165) is 23.1 Å². The molecule has 1 amide bonds. The van der Waals surface area contributed by atoms with E-state index < -0.39 is 0 Å². The SMILES string of the molecule is Cl.O=C(NCC1=CCNCC1)c1cc(I)c[nH]1. The first kappa shape index (κ1) is 14.5. The zero-order valence-corrected chi connectivity index (χ0v) is 12.2. The summed E-state index contributed by atoms with van der Waals surface area (Å²) in [6.07, 6.45) is 4.98. The van der Waals surface area contributed by atoms with E-state index in [-0.39, 0.29) is 18.3 Å². The van der Waals surface area contributed by atoms with E-state index >= 15 is 0 Å². The molecule has 1 aliphatic rings. The Kier molecular flexibility index (Phi) is 6.01. The number of halogens is 2. The Labute approximate surface area is 120 Å². The summed E-state index contributed by atoms with van der Waals surface area (Å²) in [4.78, 5) is 14.7. The van der Waals surface area contributed by atoms with Crippen LogP contribution in [0.15, 0.2) is 23.9 Å². The van der Waals surface area contributed by atoms with Gasteiger partial charge in [-0.1, -0.05) is 11.6 Å². The quantitative estimate of drug-likeness (QED) is 0.562. The van der Waals surface area contributed by atoms with Crippen LogP contribution in [0.25, 0.3) is 0 Å². The van der Waals surface area contributed by atoms with Crippen LogP contribution in [0.5, 0.6) is 0 Å². The normalized spacial score (nSPS) is 14.8. The maximum Gasteiger partial charge on any atom is 0.267 e. The summed E-state index contributed by atoms with van der Waals surface area (Å²) in [5, 5.41) is 6.15. The molecule has 3 N–H and O–H groups in total. The first-order valence-electron chi connectivity index (χ1n) is 5.26. The van der Waals surface area contributed by atoms with Crippen molar-refractivity contribution in [3.05, 3.63) is 33.2 Å². The average molecular weight is 368 g/mol. The zero-order chi connectivity index (χ0) is 11.4. The van der Waals surface area contributed by atoms with Gasteiger partial charge in [-0.25, -0.2) is 0 Å². The molecule has 0 aliphatic carbocycles. The van der Waals surface area contributed by atoms with Gasteiger partial charge in [-0.15, -0.1) is 12.4 Å². The van der Waals surface area contributed by atoms with Crippen molar-refractivity contribution in [2.45, 2.75) is 6.42 Å². The highest BCUT2D eigenvalue weighted by molar-refractivity contribution is 14.1. The molecule has 0 atom stereocenters. The lowest BCUT2D eigenvalue weighted by Gasteiger charge is -2.14. The molecule has 0 bridgehead atoms. The average Bonchev–Trinajstić information content (AvgIpc) is 2.74. The number of aromatic amines is 1. The molecule has 2 rings (SSSR count). The third-order valence-corrected chi connectivity index (χ3v) is 3.15. The summed E-state index contributed by atoms with van der Waals surface area (Å²) in [5.41, 5.74) is 1.92. The van der Waals surface area contributed by atoms with Gasteiger partial charge in [0.1, 0.15) is 5.69 Å². The molecular formula is C11H15ClIN3O. The van der Waals surface area contributed by atoms with Crippen molar-refractivity contribution in [2.75, 3.05) is 19.6 Å². The maximum absolute atomic E-state index is 11.7. The Bertz CT molecular complexity index is 417. The summed E-state index contributed by atoms with van der Waals surface area (Å²) in [6.45, 7) is 2.56. The first-order chi connectivity index (χ1) is 7.75. The molecule has 1 aliphatic heterocycles. The number of rotatable bonds is 3. The predicted octanol–water partition coefficient (Wildman–Crippen LogP) is 1.69. The van der Waals surface area contributed by atoms with Crippen molar-refractivity contribution >= 4 is 40.9 Å².